The summed E-state index contributed by atoms with van der Waals surface area (Å²) in [5, 5.41) is 0.370. The van der Waals surface area contributed by atoms with E-state index in [1.54, 1.807) is 12.1 Å². The molecule has 0 heterocycles. The number of benzene rings is 1. The van der Waals surface area contributed by atoms with Crippen LogP contribution in [0.2, 0.25) is 5.02 Å². The van der Waals surface area contributed by atoms with Crippen LogP contribution >= 0.6 is 11.6 Å². The van der Waals surface area contributed by atoms with Crippen molar-refractivity contribution in [3.8, 4) is 0 Å². The van der Waals surface area contributed by atoms with Crippen molar-refractivity contribution in [2.75, 3.05) is 0 Å². The maximum Gasteiger partial charge on any atom is 2.00 e. The molecule has 0 amide bonds. The number of halogens is 3. The van der Waals surface area contributed by atoms with Gasteiger partial charge in [-0.1, -0.05) is 17.2 Å². The zero-order chi connectivity index (χ0) is 6.85. The van der Waals surface area contributed by atoms with Gasteiger partial charge in [0.15, 0.2) is 0 Å². The van der Waals surface area contributed by atoms with Crippen LogP contribution in [0.3, 0.4) is 0 Å². The summed E-state index contributed by atoms with van der Waals surface area (Å²) in [7, 11) is 0. The topological polar surface area (TPSA) is 0 Å². The van der Waals surface area contributed by atoms with Gasteiger partial charge in [0.1, 0.15) is 0 Å². The SMILES string of the molecule is [Br-].[CH2-]c1c(F)cccc1Cl.[Mg+2]. The normalized spacial score (nSPS) is 7.82. The first-order valence-electron chi connectivity index (χ1n) is 2.48. The minimum Gasteiger partial charge on any atom is -1.00 e. The van der Waals surface area contributed by atoms with E-state index >= 15 is 0 Å². The molecule has 0 aliphatic heterocycles. The summed E-state index contributed by atoms with van der Waals surface area (Å²) in [6, 6.07) is 4.48. The Bertz CT molecular complexity index is 209. The van der Waals surface area contributed by atoms with Crippen molar-refractivity contribution in [1.29, 1.82) is 0 Å². The largest absolute Gasteiger partial charge is 2.00 e. The zero-order valence-electron chi connectivity index (χ0n) is 5.78. The van der Waals surface area contributed by atoms with E-state index in [2.05, 4.69) is 6.92 Å². The van der Waals surface area contributed by atoms with Gasteiger partial charge in [0, 0.05) is 5.82 Å². The van der Waals surface area contributed by atoms with E-state index in [0.717, 1.165) is 0 Å². The van der Waals surface area contributed by atoms with E-state index in [0.29, 0.717) is 5.02 Å². The summed E-state index contributed by atoms with van der Waals surface area (Å²) >= 11 is 5.51. The average Bonchev–Trinajstić information content (AvgIpc) is 1.83. The quantitative estimate of drug-likeness (QED) is 0.420. The van der Waals surface area contributed by atoms with Gasteiger partial charge in [-0.15, -0.1) is 11.6 Å². The summed E-state index contributed by atoms with van der Waals surface area (Å²) < 4.78 is 12.4. The standard InChI is InChI=1S/C7H5ClF.BrH.Mg/c1-5-6(8)3-2-4-7(5)9;;/h2-4H,1H2;1H;/q-1;;+2/p-1. The first-order chi connectivity index (χ1) is 4.22. The molecular formula is C7H5BrClFMg. The van der Waals surface area contributed by atoms with Gasteiger partial charge in [-0.2, -0.15) is 18.5 Å². The molecule has 11 heavy (non-hydrogen) atoms. The van der Waals surface area contributed by atoms with Gasteiger partial charge in [0.25, 0.3) is 0 Å². The number of hydrogen-bond acceptors (Lipinski definition) is 0. The fraction of sp³-hybridized carbons (Fsp3) is 0. The number of rotatable bonds is 0. The molecule has 0 radical (unpaired) electrons. The van der Waals surface area contributed by atoms with Gasteiger partial charge in [-0.25, -0.2) is 0 Å². The van der Waals surface area contributed by atoms with E-state index in [-0.39, 0.29) is 51.4 Å². The Morgan fingerprint density at radius 3 is 2.27 bits per heavy atom. The third-order valence-corrected chi connectivity index (χ3v) is 1.42. The molecule has 0 unspecified atom stereocenters. The van der Waals surface area contributed by atoms with Crippen molar-refractivity contribution in [2.24, 2.45) is 0 Å². The Morgan fingerprint density at radius 1 is 1.36 bits per heavy atom. The van der Waals surface area contributed by atoms with Crippen LogP contribution in [0.5, 0.6) is 0 Å². The van der Waals surface area contributed by atoms with Crippen LogP contribution in [-0.4, -0.2) is 23.1 Å². The van der Waals surface area contributed by atoms with E-state index in [4.69, 9.17) is 11.6 Å². The molecule has 0 atom stereocenters. The van der Waals surface area contributed by atoms with Gasteiger partial charge in [0.2, 0.25) is 0 Å². The molecule has 0 fully saturated rings. The predicted molar refractivity (Wildman–Crippen MR) is 41.6 cm³/mol. The van der Waals surface area contributed by atoms with Crippen molar-refractivity contribution >= 4 is 34.7 Å². The van der Waals surface area contributed by atoms with E-state index in [9.17, 15) is 4.39 Å². The Kier molecular flexibility index (Phi) is 7.84. The second-order valence-corrected chi connectivity index (χ2v) is 2.11. The van der Waals surface area contributed by atoms with Gasteiger partial charge >= 0.3 is 23.1 Å². The first-order valence-corrected chi connectivity index (χ1v) is 2.85. The van der Waals surface area contributed by atoms with E-state index < -0.39 is 0 Å². The van der Waals surface area contributed by atoms with Crippen LogP contribution in [0.15, 0.2) is 18.2 Å². The van der Waals surface area contributed by atoms with Crippen molar-refractivity contribution in [2.45, 2.75) is 0 Å². The molecule has 0 aliphatic rings. The van der Waals surface area contributed by atoms with Gasteiger partial charge in [-0.05, 0) is 0 Å². The molecule has 0 saturated heterocycles. The molecule has 1 aromatic rings. The summed E-state index contributed by atoms with van der Waals surface area (Å²) in [6.45, 7) is 3.41. The monoisotopic (exact) mass is 246 g/mol. The van der Waals surface area contributed by atoms with Crippen molar-refractivity contribution in [3.63, 3.8) is 0 Å². The Balaban J connectivity index is 0. The second-order valence-electron chi connectivity index (χ2n) is 1.70. The molecule has 0 aromatic heterocycles. The fourth-order valence-electron chi connectivity index (χ4n) is 0.532. The van der Waals surface area contributed by atoms with Crippen LogP contribution in [-0.2, 0) is 0 Å². The summed E-state index contributed by atoms with van der Waals surface area (Å²) in [6.07, 6.45) is 0. The minimum atomic E-state index is -0.359. The Morgan fingerprint density at radius 2 is 1.91 bits per heavy atom. The maximum atomic E-state index is 12.4. The minimum absolute atomic E-state index is 0. The molecule has 1 rings (SSSR count). The molecular weight excluding hydrogens is 243 g/mol. The van der Waals surface area contributed by atoms with Crippen LogP contribution in [0.1, 0.15) is 5.56 Å². The molecule has 0 spiro atoms. The van der Waals surface area contributed by atoms with Crippen LogP contribution in [0.4, 0.5) is 4.39 Å². The Labute approximate surface area is 97.0 Å². The molecule has 56 valence electrons. The van der Waals surface area contributed by atoms with Gasteiger partial charge in [0.05, 0.1) is 0 Å². The van der Waals surface area contributed by atoms with Crippen molar-refractivity contribution in [1.82, 2.24) is 0 Å². The summed E-state index contributed by atoms with van der Waals surface area (Å²) in [4.78, 5) is 0. The summed E-state index contributed by atoms with van der Waals surface area (Å²) in [5.74, 6) is -0.359. The van der Waals surface area contributed by atoms with E-state index in [1.165, 1.54) is 6.07 Å². The molecule has 4 heteroatoms. The van der Waals surface area contributed by atoms with Crippen molar-refractivity contribution < 1.29 is 21.4 Å². The van der Waals surface area contributed by atoms with Gasteiger partial charge < -0.3 is 17.0 Å². The van der Waals surface area contributed by atoms with Crippen LogP contribution in [0, 0.1) is 12.7 Å². The molecule has 0 N–H and O–H groups in total. The van der Waals surface area contributed by atoms with Gasteiger partial charge in [-0.3, -0.25) is 4.39 Å². The van der Waals surface area contributed by atoms with Crippen LogP contribution in [0.25, 0.3) is 0 Å². The molecule has 0 saturated carbocycles. The zero-order valence-corrected chi connectivity index (χ0v) is 9.54. The predicted octanol–water partition coefficient (Wildman–Crippen LogP) is -0.716. The fourth-order valence-corrected chi connectivity index (χ4v) is 0.695. The third kappa shape index (κ3) is 3.65. The number of hydrogen-bond donors (Lipinski definition) is 0. The molecule has 0 aliphatic carbocycles. The maximum absolute atomic E-state index is 12.4. The Hall–Kier alpha value is 0.556. The van der Waals surface area contributed by atoms with Crippen molar-refractivity contribution in [3.05, 3.63) is 41.5 Å². The molecule has 1 aromatic carbocycles. The second kappa shape index (κ2) is 6.11. The van der Waals surface area contributed by atoms with E-state index in [1.807, 2.05) is 0 Å². The third-order valence-electron chi connectivity index (χ3n) is 1.06. The molecule has 0 nitrogen and oxygen atoms in total. The first kappa shape index (κ1) is 14.1. The van der Waals surface area contributed by atoms with Crippen LogP contribution < -0.4 is 17.0 Å². The smallest absolute Gasteiger partial charge is 1.00 e. The average molecular weight is 248 g/mol. The molecule has 0 bridgehead atoms. The summed E-state index contributed by atoms with van der Waals surface area (Å²) in [5.41, 5.74) is 0.263.